The first kappa shape index (κ1) is 33.2. The van der Waals surface area contributed by atoms with Crippen molar-refractivity contribution in [2.24, 2.45) is 36.1 Å². The topological polar surface area (TPSA) is 148 Å². The number of carbonyl (C=O) groups is 5. The van der Waals surface area contributed by atoms with Crippen molar-refractivity contribution < 1.29 is 38.6 Å². The number of likely N-dealkylation sites (tertiary alicyclic amines) is 1. The van der Waals surface area contributed by atoms with Crippen molar-refractivity contribution in [3.63, 3.8) is 0 Å². The van der Waals surface area contributed by atoms with E-state index in [1.807, 2.05) is 31.2 Å². The van der Waals surface area contributed by atoms with Crippen LogP contribution < -0.4 is 9.64 Å². The van der Waals surface area contributed by atoms with Gasteiger partial charge in [0.25, 0.3) is 0 Å². The molecular formula is C37H33ClN4O8S. The molecule has 8 rings (SSSR count). The Morgan fingerprint density at radius 3 is 2.51 bits per heavy atom. The third-order valence-electron chi connectivity index (χ3n) is 11.4. The van der Waals surface area contributed by atoms with Crippen LogP contribution in [0.5, 0.6) is 11.5 Å². The number of fused-ring (bicyclic) bond motifs is 5. The number of phenolic OH excluding ortho intramolecular Hbond substituents is 1. The number of ether oxygens (including phenoxy) is 2. The molecule has 2 aromatic heterocycles. The molecule has 2 aliphatic heterocycles. The van der Waals surface area contributed by atoms with E-state index in [9.17, 15) is 29.1 Å². The van der Waals surface area contributed by atoms with E-state index in [4.69, 9.17) is 26.2 Å². The summed E-state index contributed by atoms with van der Waals surface area (Å²) in [4.78, 5) is 72.0. The van der Waals surface area contributed by atoms with Crippen LogP contribution in [-0.4, -0.2) is 63.7 Å². The number of benzene rings is 2. The fourth-order valence-electron chi connectivity index (χ4n) is 8.99. The lowest BCUT2D eigenvalue weighted by atomic mass is 9.51. The second kappa shape index (κ2) is 11.5. The number of halogens is 1. The van der Waals surface area contributed by atoms with Gasteiger partial charge in [-0.15, -0.1) is 11.3 Å². The zero-order valence-corrected chi connectivity index (χ0v) is 29.9. The summed E-state index contributed by atoms with van der Waals surface area (Å²) in [5.41, 5.74) is 1.47. The van der Waals surface area contributed by atoms with E-state index in [-0.39, 0.29) is 24.3 Å². The van der Waals surface area contributed by atoms with Gasteiger partial charge >= 0.3 is 6.09 Å². The van der Waals surface area contributed by atoms with Gasteiger partial charge in [-0.05, 0) is 79.5 Å². The Morgan fingerprint density at radius 1 is 1.04 bits per heavy atom. The number of methoxy groups -OCH3 is 2. The number of hydrogen-bond acceptors (Lipinski definition) is 10. The SMILES string of the molecule is COC(=O)N1C(=O)C2CC=C3C(CC4C(=O)N(c5cc(-c6sc7ccc(Cl)cc7c6C)nn5C)C(=O)C4(C)C3c3ccc(OC)c(O)c3)C2C1=O. The number of hydrogen-bond donors (Lipinski definition) is 1. The van der Waals surface area contributed by atoms with Crippen LogP contribution in [0, 0.1) is 36.0 Å². The van der Waals surface area contributed by atoms with Gasteiger partial charge in [-0.2, -0.15) is 10.00 Å². The molecule has 2 aromatic carbocycles. The van der Waals surface area contributed by atoms with Gasteiger partial charge in [0, 0.05) is 28.8 Å². The number of imide groups is 4. The number of thiophene rings is 1. The van der Waals surface area contributed by atoms with E-state index in [1.165, 1.54) is 34.1 Å². The minimum atomic E-state index is -1.35. The lowest BCUT2D eigenvalue weighted by molar-refractivity contribution is -0.138. The molecule has 6 unspecified atom stereocenters. The van der Waals surface area contributed by atoms with Gasteiger partial charge in [0.05, 0.1) is 42.3 Å². The first-order chi connectivity index (χ1) is 24.3. The third-order valence-corrected chi connectivity index (χ3v) is 12.9. The molecule has 12 nitrogen and oxygen atoms in total. The van der Waals surface area contributed by atoms with Crippen LogP contribution >= 0.6 is 22.9 Å². The number of phenols is 1. The van der Waals surface area contributed by atoms with Crippen molar-refractivity contribution in [3.05, 3.63) is 70.3 Å². The molecule has 4 aliphatic rings. The molecule has 1 saturated carbocycles. The summed E-state index contributed by atoms with van der Waals surface area (Å²) in [5, 5.41) is 17.2. The molecule has 1 N–H and O–H groups in total. The van der Waals surface area contributed by atoms with Gasteiger partial charge in [-0.25, -0.2) is 9.69 Å². The number of nitrogens with zero attached hydrogens (tertiary/aromatic N) is 4. The highest BCUT2D eigenvalue weighted by Gasteiger charge is 2.68. The van der Waals surface area contributed by atoms with Gasteiger partial charge in [-0.3, -0.25) is 23.9 Å². The first-order valence-electron chi connectivity index (χ1n) is 16.5. The summed E-state index contributed by atoms with van der Waals surface area (Å²) in [6, 6.07) is 12.3. The standard InChI is InChI=1S/C37H33ClN4O8S/c1-16-21-13-18(38)7-11-27(21)51-31(16)24-15-28(40(3)39-24)41-33(45)23-14-22-19(8-9-20-29(22)34(46)42(32(20)44)36(48)50-5)30(37(23,2)35(41)47)17-6-10-26(49-4)25(43)12-17/h6-8,10-13,15,20,22-23,29-30,43H,9,14H2,1-5H3. The van der Waals surface area contributed by atoms with Crippen LogP contribution in [0.15, 0.2) is 54.1 Å². The molecule has 14 heteroatoms. The second-order valence-corrected chi connectivity index (χ2v) is 15.3. The zero-order valence-electron chi connectivity index (χ0n) is 28.3. The van der Waals surface area contributed by atoms with E-state index in [2.05, 4.69) is 0 Å². The minimum absolute atomic E-state index is 0.0954. The second-order valence-electron chi connectivity index (χ2n) is 13.8. The van der Waals surface area contributed by atoms with Crippen molar-refractivity contribution in [3.8, 4) is 22.1 Å². The highest BCUT2D eigenvalue weighted by atomic mass is 35.5. The quantitative estimate of drug-likeness (QED) is 0.198. The summed E-state index contributed by atoms with van der Waals surface area (Å²) in [6.07, 6.45) is 1.06. The van der Waals surface area contributed by atoms with E-state index in [0.717, 1.165) is 27.6 Å². The Morgan fingerprint density at radius 2 is 1.80 bits per heavy atom. The maximum absolute atomic E-state index is 15.0. The third kappa shape index (κ3) is 4.50. The van der Waals surface area contributed by atoms with E-state index in [0.29, 0.717) is 32.6 Å². The van der Waals surface area contributed by atoms with Gasteiger partial charge in [-0.1, -0.05) is 29.3 Å². The van der Waals surface area contributed by atoms with Crippen molar-refractivity contribution in [2.45, 2.75) is 32.6 Å². The monoisotopic (exact) mass is 728 g/mol. The Hall–Kier alpha value is -5.01. The van der Waals surface area contributed by atoms with Crippen LogP contribution in [-0.2, 0) is 31.0 Å². The largest absolute Gasteiger partial charge is 0.504 e. The average molecular weight is 729 g/mol. The molecule has 5 amide bonds. The molecule has 4 heterocycles. The summed E-state index contributed by atoms with van der Waals surface area (Å²) in [5.74, 6) is -5.93. The van der Waals surface area contributed by atoms with E-state index >= 15 is 0 Å². The predicted molar refractivity (Wildman–Crippen MR) is 187 cm³/mol. The molecule has 2 aliphatic carbocycles. The van der Waals surface area contributed by atoms with Crippen molar-refractivity contribution in [1.29, 1.82) is 0 Å². The first-order valence-corrected chi connectivity index (χ1v) is 17.6. The van der Waals surface area contributed by atoms with Gasteiger partial charge in [0.15, 0.2) is 11.5 Å². The number of carbonyl (C=O) groups excluding carboxylic acids is 5. The predicted octanol–water partition coefficient (Wildman–Crippen LogP) is 5.97. The number of aromatic hydroxyl groups is 1. The summed E-state index contributed by atoms with van der Waals surface area (Å²) in [7, 11) is 4.21. The maximum atomic E-state index is 15.0. The number of aryl methyl sites for hydroxylation is 2. The molecule has 6 atom stereocenters. The number of anilines is 1. The highest BCUT2D eigenvalue weighted by molar-refractivity contribution is 7.22. The van der Waals surface area contributed by atoms with Gasteiger partial charge < -0.3 is 14.6 Å². The average Bonchev–Trinajstić information content (AvgIpc) is 3.78. The smallest absolute Gasteiger partial charge is 0.423 e. The van der Waals surface area contributed by atoms with E-state index in [1.54, 1.807) is 32.2 Å². The Kier molecular flexibility index (Phi) is 7.48. The van der Waals surface area contributed by atoms with Crippen molar-refractivity contribution >= 4 is 68.6 Å². The van der Waals surface area contributed by atoms with Crippen LogP contribution in [0.4, 0.5) is 10.6 Å². The molecule has 262 valence electrons. The molecule has 0 spiro atoms. The molecule has 4 aromatic rings. The van der Waals surface area contributed by atoms with Gasteiger partial charge in [0.2, 0.25) is 23.6 Å². The number of aromatic nitrogens is 2. The van der Waals surface area contributed by atoms with Crippen LogP contribution in [0.1, 0.15) is 36.8 Å². The summed E-state index contributed by atoms with van der Waals surface area (Å²) < 4.78 is 12.6. The maximum Gasteiger partial charge on any atom is 0.423 e. The lowest BCUT2D eigenvalue weighted by Gasteiger charge is -2.49. The van der Waals surface area contributed by atoms with Crippen molar-refractivity contribution in [2.75, 3.05) is 19.1 Å². The number of amides is 5. The zero-order chi connectivity index (χ0) is 36.3. The molecule has 2 saturated heterocycles. The Balaban J connectivity index is 1.25. The number of allylic oxidation sites excluding steroid dienone is 2. The van der Waals surface area contributed by atoms with Crippen molar-refractivity contribution in [1.82, 2.24) is 14.7 Å². The van der Waals surface area contributed by atoms with E-state index < -0.39 is 64.7 Å². The van der Waals surface area contributed by atoms with Crippen LogP contribution in [0.3, 0.4) is 0 Å². The molecule has 3 fully saturated rings. The number of rotatable bonds is 4. The minimum Gasteiger partial charge on any atom is -0.504 e. The Labute approximate surface area is 301 Å². The molecular weight excluding hydrogens is 696 g/mol. The molecule has 51 heavy (non-hydrogen) atoms. The van der Waals surface area contributed by atoms with Gasteiger partial charge in [0.1, 0.15) is 11.5 Å². The molecule has 0 radical (unpaired) electrons. The fourth-order valence-corrected chi connectivity index (χ4v) is 10.3. The van der Waals surface area contributed by atoms with Crippen LogP contribution in [0.2, 0.25) is 5.02 Å². The normalized spacial score (nSPS) is 27.1. The molecule has 0 bridgehead atoms. The van der Waals surface area contributed by atoms with Crippen LogP contribution in [0.25, 0.3) is 20.7 Å². The fraction of sp³-hybridized carbons (Fsp3) is 0.351. The highest BCUT2D eigenvalue weighted by Crippen LogP contribution is 2.64. The lowest BCUT2D eigenvalue weighted by Crippen LogP contribution is -2.49. The summed E-state index contributed by atoms with van der Waals surface area (Å²) >= 11 is 7.82. The summed E-state index contributed by atoms with van der Waals surface area (Å²) in [6.45, 7) is 3.74. The Bertz CT molecular complexity index is 2280.